The van der Waals surface area contributed by atoms with E-state index >= 15 is 0 Å². The van der Waals surface area contributed by atoms with E-state index < -0.39 is 15.6 Å². The van der Waals surface area contributed by atoms with E-state index in [2.05, 4.69) is 4.72 Å². The molecule has 0 spiro atoms. The van der Waals surface area contributed by atoms with Crippen LogP contribution in [0.25, 0.3) is 0 Å². The van der Waals surface area contributed by atoms with Crippen LogP contribution < -0.4 is 4.72 Å². The molecule has 2 heterocycles. The summed E-state index contributed by atoms with van der Waals surface area (Å²) in [7, 11) is -3.50. The summed E-state index contributed by atoms with van der Waals surface area (Å²) in [5.41, 5.74) is 0.216. The molecular formula is C11H17NO4S2. The van der Waals surface area contributed by atoms with Crippen LogP contribution in [0.4, 0.5) is 0 Å². The molecule has 0 saturated carbocycles. The first-order valence-corrected chi connectivity index (χ1v) is 8.13. The number of hydrogen-bond acceptors (Lipinski definition) is 5. The van der Waals surface area contributed by atoms with Gasteiger partial charge < -0.3 is 9.84 Å². The Hall–Kier alpha value is -0.470. The Labute approximate surface area is 111 Å². The second-order valence-corrected chi connectivity index (χ2v) is 7.56. The fourth-order valence-electron chi connectivity index (χ4n) is 1.87. The van der Waals surface area contributed by atoms with Crippen molar-refractivity contribution in [3.63, 3.8) is 0 Å². The minimum Gasteiger partial charge on any atom is -0.392 e. The standard InChI is InChI=1S/C11H17NO4S2/c1-11(3-2-4-16-11)8-12-18(14,15)10-5-9(6-13)7-17-10/h5,7,12-13H,2-4,6,8H2,1H3. The number of rotatable bonds is 5. The van der Waals surface area contributed by atoms with E-state index in [1.807, 2.05) is 6.92 Å². The molecule has 1 fully saturated rings. The highest BCUT2D eigenvalue weighted by Gasteiger charge is 2.31. The molecule has 0 aliphatic carbocycles. The molecule has 1 saturated heterocycles. The summed E-state index contributed by atoms with van der Waals surface area (Å²) < 4.78 is 32.4. The van der Waals surface area contributed by atoms with E-state index in [9.17, 15) is 8.42 Å². The lowest BCUT2D eigenvalue weighted by molar-refractivity contribution is 0.0250. The Morgan fingerprint density at radius 1 is 1.61 bits per heavy atom. The molecule has 2 N–H and O–H groups in total. The third kappa shape index (κ3) is 3.10. The fraction of sp³-hybridized carbons (Fsp3) is 0.636. The highest BCUT2D eigenvalue weighted by atomic mass is 32.2. The molecule has 0 amide bonds. The Kier molecular flexibility index (Phi) is 4.08. The molecule has 7 heteroatoms. The highest BCUT2D eigenvalue weighted by Crippen LogP contribution is 2.25. The molecule has 2 rings (SSSR count). The maximum absolute atomic E-state index is 12.0. The largest absolute Gasteiger partial charge is 0.392 e. The Morgan fingerprint density at radius 3 is 2.94 bits per heavy atom. The van der Waals surface area contributed by atoms with Gasteiger partial charge >= 0.3 is 0 Å². The maximum Gasteiger partial charge on any atom is 0.250 e. The topological polar surface area (TPSA) is 75.6 Å². The van der Waals surface area contributed by atoms with Crippen LogP contribution in [0, 0.1) is 0 Å². The second kappa shape index (κ2) is 5.26. The van der Waals surface area contributed by atoms with Crippen LogP contribution in [0.5, 0.6) is 0 Å². The summed E-state index contributed by atoms with van der Waals surface area (Å²) >= 11 is 1.11. The third-order valence-corrected chi connectivity index (χ3v) is 5.90. The van der Waals surface area contributed by atoms with Gasteiger partial charge in [0.05, 0.1) is 12.2 Å². The first-order chi connectivity index (χ1) is 8.45. The number of hydrogen-bond donors (Lipinski definition) is 2. The van der Waals surface area contributed by atoms with E-state index in [-0.39, 0.29) is 17.4 Å². The van der Waals surface area contributed by atoms with Gasteiger partial charge in [0.15, 0.2) is 0 Å². The zero-order valence-electron chi connectivity index (χ0n) is 10.2. The van der Waals surface area contributed by atoms with E-state index in [1.165, 1.54) is 6.07 Å². The second-order valence-electron chi connectivity index (χ2n) is 4.66. The summed E-state index contributed by atoms with van der Waals surface area (Å²) in [6.45, 7) is 2.73. The van der Waals surface area contributed by atoms with Gasteiger partial charge in [0, 0.05) is 13.2 Å². The number of nitrogens with one attached hydrogen (secondary N) is 1. The average Bonchev–Trinajstić information content (AvgIpc) is 2.96. The number of sulfonamides is 1. The first kappa shape index (κ1) is 14.0. The van der Waals surface area contributed by atoms with Gasteiger partial charge in [-0.1, -0.05) is 0 Å². The van der Waals surface area contributed by atoms with Crippen molar-refractivity contribution in [3.05, 3.63) is 17.0 Å². The average molecular weight is 291 g/mol. The molecule has 5 nitrogen and oxygen atoms in total. The first-order valence-electron chi connectivity index (χ1n) is 5.77. The van der Waals surface area contributed by atoms with Crippen LogP contribution in [0.15, 0.2) is 15.7 Å². The number of aliphatic hydroxyl groups excluding tert-OH is 1. The lowest BCUT2D eigenvalue weighted by Crippen LogP contribution is -2.39. The zero-order valence-corrected chi connectivity index (χ0v) is 11.8. The summed E-state index contributed by atoms with van der Waals surface area (Å²) in [4.78, 5) is 0. The molecule has 1 unspecified atom stereocenters. The number of thiophene rings is 1. The van der Waals surface area contributed by atoms with Crippen LogP contribution in [0.1, 0.15) is 25.3 Å². The fourth-order valence-corrected chi connectivity index (χ4v) is 4.27. The molecule has 0 radical (unpaired) electrons. The van der Waals surface area contributed by atoms with Crippen molar-refractivity contribution in [2.24, 2.45) is 0 Å². The molecule has 1 aromatic heterocycles. The third-order valence-electron chi connectivity index (χ3n) is 3.01. The lowest BCUT2D eigenvalue weighted by atomic mass is 10.0. The Bertz CT molecular complexity index is 503. The van der Waals surface area contributed by atoms with E-state index in [0.717, 1.165) is 24.2 Å². The van der Waals surface area contributed by atoms with Gasteiger partial charge in [0.2, 0.25) is 10.0 Å². The predicted octanol–water partition coefficient (Wildman–Crippen LogP) is 1.09. The van der Waals surface area contributed by atoms with Crippen molar-refractivity contribution in [2.45, 2.75) is 36.2 Å². The molecule has 1 aliphatic rings. The summed E-state index contributed by atoms with van der Waals surface area (Å²) in [5, 5.41) is 10.6. The van der Waals surface area contributed by atoms with Crippen molar-refractivity contribution in [3.8, 4) is 0 Å². The van der Waals surface area contributed by atoms with Crippen LogP contribution in [-0.4, -0.2) is 32.3 Å². The van der Waals surface area contributed by atoms with Gasteiger partial charge in [-0.05, 0) is 36.8 Å². The van der Waals surface area contributed by atoms with Gasteiger partial charge in [0.25, 0.3) is 0 Å². The van der Waals surface area contributed by atoms with Crippen molar-refractivity contribution < 1.29 is 18.3 Å². The van der Waals surface area contributed by atoms with Gasteiger partial charge in [-0.3, -0.25) is 0 Å². The molecule has 1 aromatic rings. The lowest BCUT2D eigenvalue weighted by Gasteiger charge is -2.22. The molecule has 1 aliphatic heterocycles. The van der Waals surface area contributed by atoms with E-state index in [4.69, 9.17) is 9.84 Å². The summed E-state index contributed by atoms with van der Waals surface area (Å²) in [5.74, 6) is 0. The van der Waals surface area contributed by atoms with Gasteiger partial charge in [-0.15, -0.1) is 11.3 Å². The van der Waals surface area contributed by atoms with Gasteiger partial charge in [-0.25, -0.2) is 13.1 Å². The molecular weight excluding hydrogens is 274 g/mol. The smallest absolute Gasteiger partial charge is 0.250 e. The molecule has 102 valence electrons. The molecule has 0 bridgehead atoms. The number of ether oxygens (including phenoxy) is 1. The SMILES string of the molecule is CC1(CNS(=O)(=O)c2cc(CO)cs2)CCCO1. The quantitative estimate of drug-likeness (QED) is 0.851. The van der Waals surface area contributed by atoms with Crippen LogP contribution in [-0.2, 0) is 21.4 Å². The highest BCUT2D eigenvalue weighted by molar-refractivity contribution is 7.91. The van der Waals surface area contributed by atoms with Crippen molar-refractivity contribution in [1.29, 1.82) is 0 Å². The monoisotopic (exact) mass is 291 g/mol. The molecule has 1 atom stereocenters. The number of aliphatic hydroxyl groups is 1. The van der Waals surface area contributed by atoms with Crippen molar-refractivity contribution in [2.75, 3.05) is 13.2 Å². The normalized spacial score (nSPS) is 24.6. The summed E-state index contributed by atoms with van der Waals surface area (Å²) in [6, 6.07) is 1.49. The van der Waals surface area contributed by atoms with Gasteiger partial charge in [-0.2, -0.15) is 0 Å². The van der Waals surface area contributed by atoms with Crippen molar-refractivity contribution in [1.82, 2.24) is 4.72 Å². The predicted molar refractivity (Wildman–Crippen MR) is 69.0 cm³/mol. The molecule has 18 heavy (non-hydrogen) atoms. The van der Waals surface area contributed by atoms with Crippen molar-refractivity contribution >= 4 is 21.4 Å². The minimum atomic E-state index is -3.50. The minimum absolute atomic E-state index is 0.146. The summed E-state index contributed by atoms with van der Waals surface area (Å²) in [6.07, 6.45) is 1.83. The zero-order chi connectivity index (χ0) is 13.2. The molecule has 0 aromatic carbocycles. The van der Waals surface area contributed by atoms with E-state index in [1.54, 1.807) is 5.38 Å². The Balaban J connectivity index is 2.03. The van der Waals surface area contributed by atoms with Crippen LogP contribution >= 0.6 is 11.3 Å². The van der Waals surface area contributed by atoms with E-state index in [0.29, 0.717) is 12.2 Å². The van der Waals surface area contributed by atoms with Gasteiger partial charge in [0.1, 0.15) is 4.21 Å². The maximum atomic E-state index is 12.0. The van der Waals surface area contributed by atoms with Crippen LogP contribution in [0.3, 0.4) is 0 Å². The Morgan fingerprint density at radius 2 is 2.39 bits per heavy atom. The van der Waals surface area contributed by atoms with Crippen LogP contribution in [0.2, 0.25) is 0 Å².